The number of ether oxygens (including phenoxy) is 1. The average Bonchev–Trinajstić information content (AvgIpc) is 3.07. The van der Waals surface area contributed by atoms with Gasteiger partial charge in [-0.25, -0.2) is 14.4 Å². The number of fused-ring (bicyclic) bond motifs is 2. The van der Waals surface area contributed by atoms with Crippen molar-refractivity contribution in [3.05, 3.63) is 30.7 Å². The maximum Gasteiger partial charge on any atom is 0.231 e. The number of amides is 1. The smallest absolute Gasteiger partial charge is 0.231 e. The molecule has 8 nitrogen and oxygen atoms in total. The van der Waals surface area contributed by atoms with E-state index in [2.05, 4.69) is 30.2 Å². The first-order chi connectivity index (χ1) is 13.1. The molecule has 0 bridgehead atoms. The highest BCUT2D eigenvalue weighted by atomic mass is 19.1. The van der Waals surface area contributed by atoms with Crippen LogP contribution in [0.1, 0.15) is 6.42 Å². The van der Waals surface area contributed by atoms with Crippen molar-refractivity contribution in [1.82, 2.24) is 24.9 Å². The molecular formula is C18H15FN6O2. The Hall–Kier alpha value is -3.49. The van der Waals surface area contributed by atoms with Crippen molar-refractivity contribution in [1.29, 1.82) is 0 Å². The number of H-pyrrole nitrogens is 2. The van der Waals surface area contributed by atoms with Gasteiger partial charge in [0.2, 0.25) is 11.8 Å². The Morgan fingerprint density at radius 2 is 2.15 bits per heavy atom. The molecule has 136 valence electrons. The molecule has 1 saturated carbocycles. The van der Waals surface area contributed by atoms with E-state index in [1.807, 2.05) is 18.3 Å². The zero-order valence-corrected chi connectivity index (χ0v) is 14.3. The number of hydrogen-bond acceptors (Lipinski definition) is 5. The first-order valence-corrected chi connectivity index (χ1v) is 8.45. The van der Waals surface area contributed by atoms with E-state index in [0.717, 1.165) is 22.0 Å². The molecule has 0 radical (unpaired) electrons. The Balaban J connectivity index is 1.54. The number of imidazole rings is 1. The Labute approximate surface area is 152 Å². The van der Waals surface area contributed by atoms with Crippen LogP contribution in [0.15, 0.2) is 30.7 Å². The number of carbonyl (C=O) groups is 1. The Kier molecular flexibility index (Phi) is 3.36. The molecule has 27 heavy (non-hydrogen) atoms. The van der Waals surface area contributed by atoms with E-state index in [-0.39, 0.29) is 12.3 Å². The Morgan fingerprint density at radius 1 is 1.30 bits per heavy atom. The summed E-state index contributed by atoms with van der Waals surface area (Å²) in [6.45, 7) is 0. The summed E-state index contributed by atoms with van der Waals surface area (Å²) in [5.74, 6) is -0.0560. The van der Waals surface area contributed by atoms with E-state index in [0.29, 0.717) is 23.0 Å². The Morgan fingerprint density at radius 3 is 2.93 bits per heavy atom. The zero-order valence-electron chi connectivity index (χ0n) is 14.3. The van der Waals surface area contributed by atoms with Gasteiger partial charge in [-0.1, -0.05) is 0 Å². The number of carbonyl (C=O) groups excluding carboxylic acids is 1. The summed E-state index contributed by atoms with van der Waals surface area (Å²) < 4.78 is 18.4. The second kappa shape index (κ2) is 5.76. The van der Waals surface area contributed by atoms with E-state index >= 15 is 0 Å². The van der Waals surface area contributed by atoms with Crippen LogP contribution in [-0.2, 0) is 4.79 Å². The van der Waals surface area contributed by atoms with Crippen LogP contribution >= 0.6 is 0 Å². The molecule has 4 aromatic heterocycles. The number of aromatic nitrogens is 5. The van der Waals surface area contributed by atoms with Crippen LogP contribution in [0.2, 0.25) is 0 Å². The first kappa shape index (κ1) is 15.7. The number of pyridine rings is 2. The van der Waals surface area contributed by atoms with Gasteiger partial charge in [-0.15, -0.1) is 0 Å². The molecule has 1 aliphatic rings. The number of aromatic amines is 2. The number of methoxy groups -OCH3 is 1. The summed E-state index contributed by atoms with van der Waals surface area (Å²) in [7, 11) is 1.56. The van der Waals surface area contributed by atoms with Crippen LogP contribution in [0.3, 0.4) is 0 Å². The molecule has 2 unspecified atom stereocenters. The lowest BCUT2D eigenvalue weighted by atomic mass is 10.1. The van der Waals surface area contributed by atoms with Gasteiger partial charge in [-0.05, 0) is 24.6 Å². The summed E-state index contributed by atoms with van der Waals surface area (Å²) >= 11 is 0. The fraction of sp³-hybridized carbons (Fsp3) is 0.222. The molecule has 1 fully saturated rings. The molecule has 3 N–H and O–H groups in total. The fourth-order valence-electron chi connectivity index (χ4n) is 3.15. The van der Waals surface area contributed by atoms with Gasteiger partial charge in [0.25, 0.3) is 0 Å². The number of anilines is 1. The third kappa shape index (κ3) is 2.59. The van der Waals surface area contributed by atoms with Crippen LogP contribution in [0.25, 0.3) is 33.3 Å². The van der Waals surface area contributed by atoms with E-state index < -0.39 is 12.1 Å². The molecule has 0 aromatic carbocycles. The van der Waals surface area contributed by atoms with Crippen molar-refractivity contribution in [2.45, 2.75) is 12.6 Å². The highest BCUT2D eigenvalue weighted by Crippen LogP contribution is 2.36. The average molecular weight is 366 g/mol. The predicted octanol–water partition coefficient (Wildman–Crippen LogP) is 2.81. The van der Waals surface area contributed by atoms with Crippen molar-refractivity contribution < 1.29 is 13.9 Å². The molecule has 1 aliphatic carbocycles. The lowest BCUT2D eigenvalue weighted by Crippen LogP contribution is -2.15. The lowest BCUT2D eigenvalue weighted by molar-refractivity contribution is -0.117. The van der Waals surface area contributed by atoms with Gasteiger partial charge in [0.05, 0.1) is 24.9 Å². The molecule has 4 aromatic rings. The van der Waals surface area contributed by atoms with Crippen molar-refractivity contribution in [3.63, 3.8) is 0 Å². The molecule has 0 aliphatic heterocycles. The summed E-state index contributed by atoms with van der Waals surface area (Å²) in [6.07, 6.45) is 2.63. The predicted molar refractivity (Wildman–Crippen MR) is 97.2 cm³/mol. The number of nitrogens with one attached hydrogen (secondary N) is 3. The number of hydrogen-bond donors (Lipinski definition) is 3. The monoisotopic (exact) mass is 366 g/mol. The van der Waals surface area contributed by atoms with E-state index in [1.165, 1.54) is 0 Å². The summed E-state index contributed by atoms with van der Waals surface area (Å²) in [5.41, 5.74) is 3.62. The van der Waals surface area contributed by atoms with Gasteiger partial charge in [0.1, 0.15) is 17.6 Å². The highest BCUT2D eigenvalue weighted by Gasteiger charge is 2.43. The third-order valence-electron chi connectivity index (χ3n) is 4.70. The van der Waals surface area contributed by atoms with Crippen molar-refractivity contribution in [3.8, 4) is 17.0 Å². The quantitative estimate of drug-likeness (QED) is 0.515. The maximum atomic E-state index is 13.0. The van der Waals surface area contributed by atoms with Crippen molar-refractivity contribution >= 4 is 33.9 Å². The van der Waals surface area contributed by atoms with E-state index in [1.54, 1.807) is 19.5 Å². The standard InChI is InChI=1S/C18H15FN6O2/c1-27-18-9(5-13-16(25-18)22-7-21-13)11-6-20-15-8(11)2-3-14(23-15)24-17(26)10-4-12(10)19/h2-3,5-7,10,12H,4H2,1H3,(H,21,22,25)(H2,20,23,24,26). The van der Waals surface area contributed by atoms with Crippen LogP contribution in [0.4, 0.5) is 10.2 Å². The minimum absolute atomic E-state index is 0.281. The van der Waals surface area contributed by atoms with Crippen molar-refractivity contribution in [2.24, 2.45) is 5.92 Å². The summed E-state index contributed by atoms with van der Waals surface area (Å²) in [6, 6.07) is 5.46. The first-order valence-electron chi connectivity index (χ1n) is 8.45. The minimum atomic E-state index is -1.04. The summed E-state index contributed by atoms with van der Waals surface area (Å²) in [5, 5.41) is 3.51. The number of alkyl halides is 1. The Bertz CT molecular complexity index is 1180. The molecule has 2 atom stereocenters. The molecular weight excluding hydrogens is 351 g/mol. The zero-order chi connectivity index (χ0) is 18.5. The van der Waals surface area contributed by atoms with Gasteiger partial charge in [-0.2, -0.15) is 4.98 Å². The van der Waals surface area contributed by atoms with Crippen LogP contribution in [-0.4, -0.2) is 44.1 Å². The van der Waals surface area contributed by atoms with Gasteiger partial charge < -0.3 is 20.0 Å². The number of halogens is 1. The lowest BCUT2D eigenvalue weighted by Gasteiger charge is -2.07. The van der Waals surface area contributed by atoms with Crippen molar-refractivity contribution in [2.75, 3.05) is 12.4 Å². The molecule has 9 heteroatoms. The SMILES string of the molecule is COc1nc2nc[nH]c2cc1-c1c[nH]c2nc(NC(=O)C3CC3F)ccc12. The van der Waals surface area contributed by atoms with Gasteiger partial charge in [0.15, 0.2) is 5.65 Å². The van der Waals surface area contributed by atoms with Crippen LogP contribution in [0, 0.1) is 5.92 Å². The molecule has 0 saturated heterocycles. The van der Waals surface area contributed by atoms with Gasteiger partial charge in [-0.3, -0.25) is 4.79 Å². The third-order valence-corrected chi connectivity index (χ3v) is 4.70. The van der Waals surface area contributed by atoms with Gasteiger partial charge >= 0.3 is 0 Å². The normalized spacial score (nSPS) is 18.7. The molecule has 0 spiro atoms. The number of rotatable bonds is 4. The fourth-order valence-corrected chi connectivity index (χ4v) is 3.15. The second-order valence-electron chi connectivity index (χ2n) is 6.46. The second-order valence-corrected chi connectivity index (χ2v) is 6.46. The molecule has 5 rings (SSSR count). The highest BCUT2D eigenvalue weighted by molar-refractivity contribution is 5.99. The number of nitrogens with zero attached hydrogens (tertiary/aromatic N) is 3. The molecule has 1 amide bonds. The maximum absolute atomic E-state index is 13.0. The topological polar surface area (TPSA) is 109 Å². The van der Waals surface area contributed by atoms with E-state index in [4.69, 9.17) is 4.74 Å². The molecule has 4 heterocycles. The largest absolute Gasteiger partial charge is 0.480 e. The minimum Gasteiger partial charge on any atom is -0.480 e. The summed E-state index contributed by atoms with van der Waals surface area (Å²) in [4.78, 5) is 31.0. The van der Waals surface area contributed by atoms with Crippen LogP contribution in [0.5, 0.6) is 5.88 Å². The van der Waals surface area contributed by atoms with Gasteiger partial charge in [0, 0.05) is 22.7 Å². The van der Waals surface area contributed by atoms with Crippen LogP contribution < -0.4 is 10.1 Å². The van der Waals surface area contributed by atoms with E-state index in [9.17, 15) is 9.18 Å².